The molecule has 0 unspecified atom stereocenters. The van der Waals surface area contributed by atoms with Crippen molar-refractivity contribution >= 4 is 39.9 Å². The molecule has 0 aliphatic rings. The number of benzene rings is 2. The molecule has 26 heavy (non-hydrogen) atoms. The van der Waals surface area contributed by atoms with Gasteiger partial charge in [-0.2, -0.15) is 0 Å². The number of aromatic carboxylic acids is 1. The molecule has 1 N–H and O–H groups in total. The lowest BCUT2D eigenvalue weighted by atomic mass is 10.1. The summed E-state index contributed by atoms with van der Waals surface area (Å²) in [6.07, 6.45) is 0. The van der Waals surface area contributed by atoms with E-state index in [1.807, 2.05) is 35.1 Å². The van der Waals surface area contributed by atoms with Crippen LogP contribution in [0.2, 0.25) is 5.02 Å². The molecule has 2 heterocycles. The number of aryl methyl sites for hydroxylation is 1. The van der Waals surface area contributed by atoms with Crippen molar-refractivity contribution in [3.05, 3.63) is 75.9 Å². The lowest BCUT2D eigenvalue weighted by Gasteiger charge is -2.10. The van der Waals surface area contributed by atoms with E-state index < -0.39 is 5.97 Å². The number of halogens is 1. The van der Waals surface area contributed by atoms with Crippen molar-refractivity contribution in [1.82, 2.24) is 9.55 Å². The zero-order valence-electron chi connectivity index (χ0n) is 13.9. The second kappa shape index (κ2) is 6.59. The van der Waals surface area contributed by atoms with Crippen molar-refractivity contribution in [3.8, 4) is 10.4 Å². The van der Waals surface area contributed by atoms with Crippen LogP contribution in [0.4, 0.5) is 0 Å². The Morgan fingerprint density at radius 1 is 1.23 bits per heavy atom. The average molecular weight is 383 g/mol. The normalized spacial score (nSPS) is 11.2. The Hall–Kier alpha value is -2.63. The van der Waals surface area contributed by atoms with Crippen LogP contribution in [0.1, 0.15) is 21.7 Å². The highest BCUT2D eigenvalue weighted by Crippen LogP contribution is 2.30. The standard InChI is InChI=1S/C20H15ClN2O2S/c1-12-22-17-7-6-14(20(24)25)10-18(17)23(12)11-15-5-4-13(9-16(15)21)19-3-2-8-26-19/h2-10H,11H2,1H3,(H,24,25). The van der Waals surface area contributed by atoms with Crippen molar-refractivity contribution in [3.63, 3.8) is 0 Å². The van der Waals surface area contributed by atoms with Crippen LogP contribution in [0.15, 0.2) is 53.9 Å². The van der Waals surface area contributed by atoms with Gasteiger partial charge in [0.1, 0.15) is 5.82 Å². The topological polar surface area (TPSA) is 55.1 Å². The van der Waals surface area contributed by atoms with Gasteiger partial charge in [-0.05, 0) is 53.8 Å². The Labute approximate surface area is 159 Å². The number of hydrogen-bond donors (Lipinski definition) is 1. The minimum atomic E-state index is -0.948. The molecule has 0 spiro atoms. The molecule has 0 aliphatic carbocycles. The van der Waals surface area contributed by atoms with Gasteiger partial charge in [0, 0.05) is 9.90 Å². The molecule has 4 nitrogen and oxygen atoms in total. The smallest absolute Gasteiger partial charge is 0.335 e. The summed E-state index contributed by atoms with van der Waals surface area (Å²) in [5.41, 5.74) is 3.88. The van der Waals surface area contributed by atoms with Crippen LogP contribution in [0.25, 0.3) is 21.5 Å². The summed E-state index contributed by atoms with van der Waals surface area (Å²) >= 11 is 8.20. The largest absolute Gasteiger partial charge is 0.478 e. The summed E-state index contributed by atoms with van der Waals surface area (Å²) in [6.45, 7) is 2.45. The van der Waals surface area contributed by atoms with Crippen LogP contribution >= 0.6 is 22.9 Å². The summed E-state index contributed by atoms with van der Waals surface area (Å²) in [5.74, 6) is -0.128. The highest BCUT2D eigenvalue weighted by molar-refractivity contribution is 7.13. The SMILES string of the molecule is Cc1nc2ccc(C(=O)O)cc2n1Cc1ccc(-c2cccs2)cc1Cl. The van der Waals surface area contributed by atoms with Crippen LogP contribution in [0.3, 0.4) is 0 Å². The number of carboxylic acid groups (broad SMARTS) is 1. The second-order valence-electron chi connectivity index (χ2n) is 6.04. The predicted octanol–water partition coefficient (Wildman–Crippen LogP) is 5.47. The number of imidazole rings is 1. The number of hydrogen-bond acceptors (Lipinski definition) is 3. The summed E-state index contributed by atoms with van der Waals surface area (Å²) in [5, 5.41) is 12.0. The number of carboxylic acids is 1. The monoisotopic (exact) mass is 382 g/mol. The quantitative estimate of drug-likeness (QED) is 0.509. The summed E-state index contributed by atoms with van der Waals surface area (Å²) in [6, 6.07) is 15.1. The number of aromatic nitrogens is 2. The molecule has 0 atom stereocenters. The zero-order valence-corrected chi connectivity index (χ0v) is 15.5. The van der Waals surface area contributed by atoms with Gasteiger partial charge >= 0.3 is 5.97 Å². The fourth-order valence-electron chi connectivity index (χ4n) is 3.02. The van der Waals surface area contributed by atoms with Crippen molar-refractivity contribution < 1.29 is 9.90 Å². The lowest BCUT2D eigenvalue weighted by molar-refractivity contribution is 0.0697. The minimum Gasteiger partial charge on any atom is -0.478 e. The van der Waals surface area contributed by atoms with Crippen molar-refractivity contribution in [2.24, 2.45) is 0 Å². The first-order chi connectivity index (χ1) is 12.5. The molecule has 2 aromatic carbocycles. The Bertz CT molecular complexity index is 1120. The number of fused-ring (bicyclic) bond motifs is 1. The first-order valence-electron chi connectivity index (χ1n) is 8.05. The molecular weight excluding hydrogens is 368 g/mol. The van der Waals surface area contributed by atoms with Gasteiger partial charge < -0.3 is 9.67 Å². The Morgan fingerprint density at radius 3 is 2.77 bits per heavy atom. The summed E-state index contributed by atoms with van der Waals surface area (Å²) in [4.78, 5) is 17.0. The molecule has 0 aliphatic heterocycles. The maximum absolute atomic E-state index is 11.3. The molecule has 6 heteroatoms. The van der Waals surface area contributed by atoms with Gasteiger partial charge in [0.15, 0.2) is 0 Å². The second-order valence-corrected chi connectivity index (χ2v) is 7.39. The first kappa shape index (κ1) is 16.8. The molecule has 0 amide bonds. The third kappa shape index (κ3) is 3.00. The van der Waals surface area contributed by atoms with Crippen LogP contribution in [0.5, 0.6) is 0 Å². The molecule has 0 saturated carbocycles. The maximum Gasteiger partial charge on any atom is 0.335 e. The highest BCUT2D eigenvalue weighted by atomic mass is 35.5. The molecule has 4 rings (SSSR count). The van der Waals surface area contributed by atoms with Crippen LogP contribution in [-0.4, -0.2) is 20.6 Å². The van der Waals surface area contributed by atoms with E-state index in [2.05, 4.69) is 17.1 Å². The third-order valence-corrected chi connectivity index (χ3v) is 5.64. The molecule has 4 aromatic rings. The van der Waals surface area contributed by atoms with Crippen molar-refractivity contribution in [1.29, 1.82) is 0 Å². The summed E-state index contributed by atoms with van der Waals surface area (Å²) < 4.78 is 1.99. The van der Waals surface area contributed by atoms with Gasteiger partial charge in [-0.15, -0.1) is 11.3 Å². The van der Waals surface area contributed by atoms with Crippen LogP contribution in [-0.2, 0) is 6.54 Å². The van der Waals surface area contributed by atoms with E-state index in [4.69, 9.17) is 11.6 Å². The van der Waals surface area contributed by atoms with E-state index >= 15 is 0 Å². The third-order valence-electron chi connectivity index (χ3n) is 4.37. The van der Waals surface area contributed by atoms with E-state index in [1.165, 1.54) is 4.88 Å². The predicted molar refractivity (Wildman–Crippen MR) is 105 cm³/mol. The van der Waals surface area contributed by atoms with E-state index in [0.29, 0.717) is 11.6 Å². The van der Waals surface area contributed by atoms with Crippen LogP contribution < -0.4 is 0 Å². The van der Waals surface area contributed by atoms with E-state index in [1.54, 1.807) is 29.5 Å². The van der Waals surface area contributed by atoms with E-state index in [-0.39, 0.29) is 5.56 Å². The lowest BCUT2D eigenvalue weighted by Crippen LogP contribution is -2.03. The van der Waals surface area contributed by atoms with Crippen LogP contribution in [0, 0.1) is 6.92 Å². The Balaban J connectivity index is 1.74. The molecule has 0 radical (unpaired) electrons. The summed E-state index contributed by atoms with van der Waals surface area (Å²) in [7, 11) is 0. The minimum absolute atomic E-state index is 0.248. The van der Waals surface area contributed by atoms with Crippen molar-refractivity contribution in [2.75, 3.05) is 0 Å². The first-order valence-corrected chi connectivity index (χ1v) is 9.31. The maximum atomic E-state index is 11.3. The fourth-order valence-corrected chi connectivity index (χ4v) is 3.98. The Morgan fingerprint density at radius 2 is 2.08 bits per heavy atom. The van der Waals surface area contributed by atoms with Crippen molar-refractivity contribution in [2.45, 2.75) is 13.5 Å². The van der Waals surface area contributed by atoms with Gasteiger partial charge in [0.05, 0.1) is 23.1 Å². The molecular formula is C20H15ClN2O2S. The number of nitrogens with zero attached hydrogens (tertiary/aromatic N) is 2. The zero-order chi connectivity index (χ0) is 18.3. The fraction of sp³-hybridized carbons (Fsp3) is 0.100. The number of thiophene rings is 1. The Kier molecular flexibility index (Phi) is 4.26. The van der Waals surface area contributed by atoms with Gasteiger partial charge in [-0.1, -0.05) is 29.8 Å². The molecule has 0 saturated heterocycles. The van der Waals surface area contributed by atoms with Gasteiger partial charge in [0.25, 0.3) is 0 Å². The molecule has 2 aromatic heterocycles. The van der Waals surface area contributed by atoms with Gasteiger partial charge in [-0.25, -0.2) is 9.78 Å². The number of carbonyl (C=O) groups is 1. The molecule has 0 bridgehead atoms. The van der Waals surface area contributed by atoms with E-state index in [9.17, 15) is 9.90 Å². The van der Waals surface area contributed by atoms with Gasteiger partial charge in [-0.3, -0.25) is 0 Å². The van der Waals surface area contributed by atoms with Gasteiger partial charge in [0.2, 0.25) is 0 Å². The van der Waals surface area contributed by atoms with E-state index in [0.717, 1.165) is 28.0 Å². The average Bonchev–Trinajstić information content (AvgIpc) is 3.24. The molecule has 130 valence electrons. The number of rotatable bonds is 4. The highest BCUT2D eigenvalue weighted by Gasteiger charge is 2.13. The molecule has 0 fully saturated rings.